The maximum Gasteiger partial charge on any atom is 0.331 e. The summed E-state index contributed by atoms with van der Waals surface area (Å²) in [6.45, 7) is 3.06. The van der Waals surface area contributed by atoms with Crippen LogP contribution in [0.4, 0.5) is 5.69 Å². The van der Waals surface area contributed by atoms with Crippen molar-refractivity contribution >= 4 is 15.7 Å². The summed E-state index contributed by atoms with van der Waals surface area (Å²) in [7, 11) is -2.66. The van der Waals surface area contributed by atoms with Crippen molar-refractivity contribution in [3.05, 3.63) is 68.9 Å². The van der Waals surface area contributed by atoms with Crippen molar-refractivity contribution < 1.29 is 13.5 Å². The van der Waals surface area contributed by atoms with Gasteiger partial charge in [-0.25, -0.2) is 13.2 Å². The van der Waals surface area contributed by atoms with E-state index in [1.807, 2.05) is 4.72 Å². The fraction of sp³-hybridized carbons (Fsp3) is 0.125. The summed E-state index contributed by atoms with van der Waals surface area (Å²) in [6.07, 6.45) is 1.09. The van der Waals surface area contributed by atoms with Crippen LogP contribution in [-0.2, 0) is 23.6 Å². The molecule has 0 aliphatic carbocycles. The molecular weight excluding hydrogens is 346 g/mol. The Morgan fingerprint density at radius 3 is 2.72 bits per heavy atom. The SMILES string of the molecule is C=CS(=O)(=O)Nc1cn(CC#Cc2cccc(O)c2)c(=O)n(C)c1=O. The zero-order valence-corrected chi connectivity index (χ0v) is 14.1. The predicted molar refractivity (Wildman–Crippen MR) is 93.7 cm³/mol. The van der Waals surface area contributed by atoms with E-state index in [4.69, 9.17) is 0 Å². The molecule has 0 aliphatic heterocycles. The highest BCUT2D eigenvalue weighted by atomic mass is 32.2. The van der Waals surface area contributed by atoms with E-state index in [1.165, 1.54) is 19.2 Å². The second kappa shape index (κ2) is 7.11. The number of phenols is 1. The van der Waals surface area contributed by atoms with E-state index in [-0.39, 0.29) is 18.0 Å². The van der Waals surface area contributed by atoms with Gasteiger partial charge in [-0.3, -0.25) is 18.7 Å². The summed E-state index contributed by atoms with van der Waals surface area (Å²) in [6, 6.07) is 6.26. The molecule has 0 atom stereocenters. The second-order valence-electron chi connectivity index (χ2n) is 4.98. The molecule has 2 N–H and O–H groups in total. The van der Waals surface area contributed by atoms with Gasteiger partial charge in [-0.05, 0) is 18.2 Å². The third kappa shape index (κ3) is 4.39. The number of anilines is 1. The quantitative estimate of drug-likeness (QED) is 0.756. The molecule has 9 heteroatoms. The van der Waals surface area contributed by atoms with Gasteiger partial charge in [0.2, 0.25) is 0 Å². The van der Waals surface area contributed by atoms with E-state index in [9.17, 15) is 23.1 Å². The Kier molecular flexibility index (Phi) is 5.14. The first kappa shape index (κ1) is 18.1. The van der Waals surface area contributed by atoms with Crippen LogP contribution in [0.2, 0.25) is 0 Å². The number of benzene rings is 1. The molecule has 1 aromatic heterocycles. The van der Waals surface area contributed by atoms with Gasteiger partial charge in [-0.2, -0.15) is 0 Å². The van der Waals surface area contributed by atoms with Crippen molar-refractivity contribution in [1.29, 1.82) is 0 Å². The van der Waals surface area contributed by atoms with Crippen molar-refractivity contribution in [3.63, 3.8) is 0 Å². The molecule has 130 valence electrons. The Balaban J connectivity index is 2.39. The Labute approximate surface area is 143 Å². The van der Waals surface area contributed by atoms with Crippen molar-refractivity contribution in [2.45, 2.75) is 6.54 Å². The highest BCUT2D eigenvalue weighted by molar-refractivity contribution is 7.95. The third-order valence-corrected chi connectivity index (χ3v) is 4.10. The zero-order valence-electron chi connectivity index (χ0n) is 13.3. The number of hydrogen-bond donors (Lipinski definition) is 2. The molecule has 2 aromatic rings. The van der Waals surface area contributed by atoms with Crippen LogP contribution in [0, 0.1) is 11.8 Å². The Bertz CT molecular complexity index is 1100. The molecule has 0 unspecified atom stereocenters. The lowest BCUT2D eigenvalue weighted by molar-refractivity contribution is 0.475. The predicted octanol–water partition coefficient (Wildman–Crippen LogP) is 0.190. The minimum atomic E-state index is -3.89. The van der Waals surface area contributed by atoms with Crippen LogP contribution in [0.1, 0.15) is 5.56 Å². The number of aromatic nitrogens is 2. The van der Waals surface area contributed by atoms with Crippen molar-refractivity contribution in [2.24, 2.45) is 7.05 Å². The van der Waals surface area contributed by atoms with Crippen LogP contribution < -0.4 is 16.0 Å². The number of nitrogens with one attached hydrogen (secondary N) is 1. The number of hydrogen-bond acceptors (Lipinski definition) is 5. The Hall–Kier alpha value is -3.25. The maximum atomic E-state index is 12.1. The molecule has 0 saturated heterocycles. The molecule has 0 spiro atoms. The second-order valence-corrected chi connectivity index (χ2v) is 6.61. The summed E-state index contributed by atoms with van der Waals surface area (Å²) in [4.78, 5) is 24.1. The average molecular weight is 361 g/mol. The van der Waals surface area contributed by atoms with Crippen molar-refractivity contribution in [1.82, 2.24) is 9.13 Å². The van der Waals surface area contributed by atoms with Crippen LogP contribution in [0.15, 0.2) is 52.0 Å². The van der Waals surface area contributed by atoms with Crippen LogP contribution in [-0.4, -0.2) is 22.7 Å². The van der Waals surface area contributed by atoms with Crippen LogP contribution >= 0.6 is 0 Å². The topological polar surface area (TPSA) is 110 Å². The summed E-state index contributed by atoms with van der Waals surface area (Å²) >= 11 is 0. The highest BCUT2D eigenvalue weighted by Gasteiger charge is 2.12. The Morgan fingerprint density at radius 2 is 2.08 bits per heavy atom. The summed E-state index contributed by atoms with van der Waals surface area (Å²) < 4.78 is 27.0. The lowest BCUT2D eigenvalue weighted by Crippen LogP contribution is -2.39. The van der Waals surface area contributed by atoms with Crippen molar-refractivity contribution in [3.8, 4) is 17.6 Å². The van der Waals surface area contributed by atoms with Gasteiger partial charge in [-0.15, -0.1) is 0 Å². The van der Waals surface area contributed by atoms with E-state index >= 15 is 0 Å². The van der Waals surface area contributed by atoms with E-state index in [0.717, 1.165) is 15.3 Å². The van der Waals surface area contributed by atoms with Gasteiger partial charge in [0.05, 0.1) is 6.54 Å². The van der Waals surface area contributed by atoms with E-state index in [2.05, 4.69) is 18.4 Å². The van der Waals surface area contributed by atoms with Crippen molar-refractivity contribution in [2.75, 3.05) is 4.72 Å². The van der Waals surface area contributed by atoms with Crippen LogP contribution in [0.3, 0.4) is 0 Å². The number of phenolic OH excluding ortho intramolecular Hbond substituents is 1. The molecule has 0 radical (unpaired) electrons. The average Bonchev–Trinajstić information content (AvgIpc) is 2.57. The number of sulfonamides is 1. The van der Waals surface area contributed by atoms with Gasteiger partial charge in [-0.1, -0.05) is 24.5 Å². The largest absolute Gasteiger partial charge is 0.508 e. The standard InChI is InChI=1S/C16H15N3O5S/c1-3-25(23,24)17-14-11-19(16(22)18(2)15(14)21)9-5-7-12-6-4-8-13(20)10-12/h3-4,6,8,10-11,17,20H,1,9H2,2H3. The molecule has 0 bridgehead atoms. The minimum Gasteiger partial charge on any atom is -0.508 e. The maximum absolute atomic E-state index is 12.1. The first-order chi connectivity index (χ1) is 11.7. The minimum absolute atomic E-state index is 0.0622. The number of rotatable bonds is 4. The van der Waals surface area contributed by atoms with Gasteiger partial charge in [0.1, 0.15) is 11.4 Å². The van der Waals surface area contributed by atoms with Gasteiger partial charge in [0.15, 0.2) is 0 Å². The van der Waals surface area contributed by atoms with Crippen LogP contribution in [0.5, 0.6) is 5.75 Å². The van der Waals surface area contributed by atoms with Gasteiger partial charge in [0, 0.05) is 24.2 Å². The van der Waals surface area contributed by atoms with E-state index in [1.54, 1.807) is 12.1 Å². The molecule has 0 saturated carbocycles. The first-order valence-corrected chi connectivity index (χ1v) is 8.52. The first-order valence-electron chi connectivity index (χ1n) is 6.97. The molecule has 8 nitrogen and oxygen atoms in total. The molecule has 1 aromatic carbocycles. The lowest BCUT2D eigenvalue weighted by atomic mass is 10.2. The fourth-order valence-corrected chi connectivity index (χ4v) is 2.45. The number of nitrogens with zero attached hydrogens (tertiary/aromatic N) is 2. The molecule has 0 amide bonds. The fourth-order valence-electron chi connectivity index (χ4n) is 1.92. The smallest absolute Gasteiger partial charge is 0.331 e. The van der Waals surface area contributed by atoms with Crippen LogP contribution in [0.25, 0.3) is 0 Å². The molecule has 1 heterocycles. The normalized spacial score (nSPS) is 10.6. The highest BCUT2D eigenvalue weighted by Crippen LogP contribution is 2.09. The molecule has 25 heavy (non-hydrogen) atoms. The lowest BCUT2D eigenvalue weighted by Gasteiger charge is -2.09. The molecular formula is C16H15N3O5S. The summed E-state index contributed by atoms with van der Waals surface area (Å²) in [5, 5.41) is 10.0. The van der Waals surface area contributed by atoms with Gasteiger partial charge in [0.25, 0.3) is 15.6 Å². The van der Waals surface area contributed by atoms with Gasteiger partial charge < -0.3 is 5.11 Å². The summed E-state index contributed by atoms with van der Waals surface area (Å²) in [5.74, 6) is 5.55. The molecule has 2 rings (SSSR count). The van der Waals surface area contributed by atoms with E-state index < -0.39 is 21.3 Å². The Morgan fingerprint density at radius 1 is 1.36 bits per heavy atom. The number of aromatic hydroxyl groups is 1. The summed E-state index contributed by atoms with van der Waals surface area (Å²) in [5.41, 5.74) is -1.17. The third-order valence-electron chi connectivity index (χ3n) is 3.15. The van der Waals surface area contributed by atoms with Gasteiger partial charge >= 0.3 is 5.69 Å². The molecule has 0 fully saturated rings. The van der Waals surface area contributed by atoms with E-state index in [0.29, 0.717) is 11.0 Å². The zero-order chi connectivity index (χ0) is 18.6. The monoisotopic (exact) mass is 361 g/mol. The molecule has 0 aliphatic rings.